The van der Waals surface area contributed by atoms with E-state index in [0.29, 0.717) is 15.8 Å². The van der Waals surface area contributed by atoms with Gasteiger partial charge in [0.15, 0.2) is 5.78 Å². The topological polar surface area (TPSA) is 26.3 Å². The van der Waals surface area contributed by atoms with Gasteiger partial charge in [-0.3, -0.25) is 4.79 Å². The molecule has 2 aromatic carbocycles. The van der Waals surface area contributed by atoms with Crippen LogP contribution in [0, 0.1) is 12.7 Å². The highest BCUT2D eigenvalue weighted by atomic mass is 79.9. The minimum atomic E-state index is -0.380. The number of ketones is 1. The molecule has 2 aromatic rings. The number of hydrogen-bond donors (Lipinski definition) is 0. The van der Waals surface area contributed by atoms with Crippen molar-refractivity contribution in [2.45, 2.75) is 13.3 Å². The Labute approximate surface area is 125 Å². The zero-order valence-corrected chi connectivity index (χ0v) is 12.8. The van der Waals surface area contributed by atoms with Gasteiger partial charge in [0.2, 0.25) is 0 Å². The lowest BCUT2D eigenvalue weighted by Crippen LogP contribution is -2.05. The Morgan fingerprint density at radius 3 is 2.65 bits per heavy atom. The van der Waals surface area contributed by atoms with Gasteiger partial charge in [-0.25, -0.2) is 4.39 Å². The summed E-state index contributed by atoms with van der Waals surface area (Å²) in [7, 11) is 1.58. The Kier molecular flexibility index (Phi) is 4.55. The zero-order valence-electron chi connectivity index (χ0n) is 11.2. The van der Waals surface area contributed by atoms with E-state index in [-0.39, 0.29) is 18.0 Å². The number of ether oxygens (including phenoxy) is 1. The Morgan fingerprint density at radius 1 is 1.25 bits per heavy atom. The van der Waals surface area contributed by atoms with Crippen LogP contribution >= 0.6 is 15.9 Å². The predicted molar refractivity (Wildman–Crippen MR) is 79.9 cm³/mol. The molecule has 0 aromatic heterocycles. The number of halogens is 2. The molecule has 0 aliphatic rings. The van der Waals surface area contributed by atoms with Crippen LogP contribution in [0.2, 0.25) is 0 Å². The number of hydrogen-bond acceptors (Lipinski definition) is 2. The van der Waals surface area contributed by atoms with Crippen LogP contribution in [0.4, 0.5) is 4.39 Å². The van der Waals surface area contributed by atoms with Gasteiger partial charge in [-0.05, 0) is 47.1 Å². The average molecular weight is 337 g/mol. The molecule has 0 amide bonds. The summed E-state index contributed by atoms with van der Waals surface area (Å²) in [6.45, 7) is 1.96. The van der Waals surface area contributed by atoms with Crippen molar-refractivity contribution >= 4 is 21.7 Å². The minimum absolute atomic E-state index is 0.0744. The van der Waals surface area contributed by atoms with Crippen molar-refractivity contribution in [2.75, 3.05) is 7.11 Å². The van der Waals surface area contributed by atoms with Crippen LogP contribution in [-0.2, 0) is 6.42 Å². The summed E-state index contributed by atoms with van der Waals surface area (Å²) in [4.78, 5) is 12.3. The molecular weight excluding hydrogens is 323 g/mol. The standard InChI is InChI=1S/C16H14BrFO2/c1-10-3-6-16(20-2)12(7-10)9-15(19)11-4-5-14(18)13(17)8-11/h3-8H,9H2,1-2H3. The summed E-state index contributed by atoms with van der Waals surface area (Å²) < 4.78 is 18.7. The van der Waals surface area contributed by atoms with Crippen molar-refractivity contribution in [3.05, 3.63) is 63.4 Å². The van der Waals surface area contributed by atoms with E-state index in [1.54, 1.807) is 7.11 Å². The van der Waals surface area contributed by atoms with E-state index < -0.39 is 0 Å². The maximum atomic E-state index is 13.2. The van der Waals surface area contributed by atoms with Crippen LogP contribution < -0.4 is 4.74 Å². The van der Waals surface area contributed by atoms with Crippen molar-refractivity contribution in [1.82, 2.24) is 0 Å². The Bertz CT molecular complexity index is 653. The third-order valence-corrected chi connectivity index (χ3v) is 3.64. The van der Waals surface area contributed by atoms with Gasteiger partial charge < -0.3 is 4.74 Å². The summed E-state index contributed by atoms with van der Waals surface area (Å²) in [5.41, 5.74) is 2.37. The van der Waals surface area contributed by atoms with Gasteiger partial charge in [-0.1, -0.05) is 17.7 Å². The summed E-state index contributed by atoms with van der Waals surface area (Å²) in [5, 5.41) is 0. The van der Waals surface area contributed by atoms with Gasteiger partial charge in [-0.15, -0.1) is 0 Å². The molecule has 0 radical (unpaired) electrons. The Morgan fingerprint density at radius 2 is 2.00 bits per heavy atom. The monoisotopic (exact) mass is 336 g/mol. The van der Waals surface area contributed by atoms with Crippen molar-refractivity contribution in [3.63, 3.8) is 0 Å². The van der Waals surface area contributed by atoms with Crippen molar-refractivity contribution in [2.24, 2.45) is 0 Å². The van der Waals surface area contributed by atoms with Crippen LogP contribution in [0.3, 0.4) is 0 Å². The highest BCUT2D eigenvalue weighted by molar-refractivity contribution is 9.10. The molecule has 0 fully saturated rings. The number of carbonyl (C=O) groups is 1. The number of methoxy groups -OCH3 is 1. The lowest BCUT2D eigenvalue weighted by atomic mass is 10.0. The molecular formula is C16H14BrFO2. The SMILES string of the molecule is COc1ccc(C)cc1CC(=O)c1ccc(F)c(Br)c1. The molecule has 0 bridgehead atoms. The van der Waals surface area contributed by atoms with Gasteiger partial charge in [-0.2, -0.15) is 0 Å². The first-order valence-electron chi connectivity index (χ1n) is 6.13. The van der Waals surface area contributed by atoms with Crippen LogP contribution in [-0.4, -0.2) is 12.9 Å². The molecule has 20 heavy (non-hydrogen) atoms. The first-order chi connectivity index (χ1) is 9.51. The average Bonchev–Trinajstić information content (AvgIpc) is 2.42. The summed E-state index contributed by atoms with van der Waals surface area (Å²) in [5.74, 6) is 0.231. The summed E-state index contributed by atoms with van der Waals surface area (Å²) >= 11 is 3.09. The third-order valence-electron chi connectivity index (χ3n) is 3.03. The molecule has 104 valence electrons. The maximum absolute atomic E-state index is 13.2. The number of aryl methyl sites for hydroxylation is 1. The first-order valence-corrected chi connectivity index (χ1v) is 6.92. The fraction of sp³-hybridized carbons (Fsp3) is 0.188. The number of benzene rings is 2. The molecule has 4 heteroatoms. The molecule has 0 saturated carbocycles. The van der Waals surface area contributed by atoms with Gasteiger partial charge in [0.1, 0.15) is 11.6 Å². The second-order valence-corrected chi connectivity index (χ2v) is 5.40. The smallest absolute Gasteiger partial charge is 0.167 e. The van der Waals surface area contributed by atoms with Crippen molar-refractivity contribution in [3.8, 4) is 5.75 Å². The van der Waals surface area contributed by atoms with E-state index >= 15 is 0 Å². The molecule has 2 nitrogen and oxygen atoms in total. The highest BCUT2D eigenvalue weighted by Crippen LogP contribution is 2.23. The fourth-order valence-electron chi connectivity index (χ4n) is 1.99. The molecule has 0 atom stereocenters. The van der Waals surface area contributed by atoms with Crippen LogP contribution in [0.25, 0.3) is 0 Å². The van der Waals surface area contributed by atoms with E-state index in [4.69, 9.17) is 4.74 Å². The number of rotatable bonds is 4. The predicted octanol–water partition coefficient (Wildman–Crippen LogP) is 4.33. The van der Waals surface area contributed by atoms with E-state index in [1.807, 2.05) is 25.1 Å². The Hall–Kier alpha value is -1.68. The number of Topliss-reactive ketones (excluding diaryl/α,β-unsaturated/α-hetero) is 1. The van der Waals surface area contributed by atoms with Crippen molar-refractivity contribution in [1.29, 1.82) is 0 Å². The largest absolute Gasteiger partial charge is 0.496 e. The second kappa shape index (κ2) is 6.18. The molecule has 0 aliphatic carbocycles. The van der Waals surface area contributed by atoms with Gasteiger partial charge in [0, 0.05) is 17.5 Å². The van der Waals surface area contributed by atoms with E-state index in [2.05, 4.69) is 15.9 Å². The van der Waals surface area contributed by atoms with Crippen LogP contribution in [0.1, 0.15) is 21.5 Å². The van der Waals surface area contributed by atoms with Gasteiger partial charge in [0.05, 0.1) is 11.6 Å². The highest BCUT2D eigenvalue weighted by Gasteiger charge is 2.12. The fourth-order valence-corrected chi connectivity index (χ4v) is 2.37. The minimum Gasteiger partial charge on any atom is -0.496 e. The van der Waals surface area contributed by atoms with E-state index in [0.717, 1.165) is 11.1 Å². The third kappa shape index (κ3) is 3.25. The second-order valence-electron chi connectivity index (χ2n) is 4.54. The van der Waals surface area contributed by atoms with Crippen LogP contribution in [0.15, 0.2) is 40.9 Å². The Balaban J connectivity index is 2.27. The summed E-state index contributed by atoms with van der Waals surface area (Å²) in [6, 6.07) is 9.98. The maximum Gasteiger partial charge on any atom is 0.167 e. The molecule has 0 unspecified atom stereocenters. The van der Waals surface area contributed by atoms with Gasteiger partial charge in [0.25, 0.3) is 0 Å². The summed E-state index contributed by atoms with van der Waals surface area (Å²) in [6.07, 6.45) is 0.225. The molecule has 0 saturated heterocycles. The molecule has 0 aliphatic heterocycles. The molecule has 0 heterocycles. The quantitative estimate of drug-likeness (QED) is 0.776. The lowest BCUT2D eigenvalue weighted by Gasteiger charge is -2.09. The molecule has 2 rings (SSSR count). The lowest BCUT2D eigenvalue weighted by molar-refractivity contribution is 0.0992. The van der Waals surface area contributed by atoms with Gasteiger partial charge >= 0.3 is 0 Å². The van der Waals surface area contributed by atoms with E-state index in [1.165, 1.54) is 18.2 Å². The van der Waals surface area contributed by atoms with Crippen LogP contribution in [0.5, 0.6) is 5.75 Å². The first kappa shape index (κ1) is 14.7. The zero-order chi connectivity index (χ0) is 14.7. The normalized spacial score (nSPS) is 10.4. The van der Waals surface area contributed by atoms with E-state index in [9.17, 15) is 9.18 Å². The molecule has 0 spiro atoms. The van der Waals surface area contributed by atoms with Crippen molar-refractivity contribution < 1.29 is 13.9 Å². The molecule has 0 N–H and O–H groups in total. The number of carbonyl (C=O) groups excluding carboxylic acids is 1.